The molecule has 1 aromatic rings. The number of nitrogen functional groups attached to an aromatic ring is 1. The van der Waals surface area contributed by atoms with Crippen molar-refractivity contribution >= 4 is 11.6 Å². The van der Waals surface area contributed by atoms with Crippen molar-refractivity contribution < 1.29 is 5.11 Å². The maximum absolute atomic E-state index is 9.20. The van der Waals surface area contributed by atoms with E-state index >= 15 is 0 Å². The quantitative estimate of drug-likeness (QED) is 0.845. The molecule has 2 saturated heterocycles. The Labute approximate surface area is 124 Å². The lowest BCUT2D eigenvalue weighted by Gasteiger charge is -2.40. The summed E-state index contributed by atoms with van der Waals surface area (Å²) in [5.41, 5.74) is 6.27. The molecule has 6 nitrogen and oxygen atoms in total. The third-order valence-electron chi connectivity index (χ3n) is 4.64. The van der Waals surface area contributed by atoms with Crippen LogP contribution in [0.5, 0.6) is 0 Å². The van der Waals surface area contributed by atoms with E-state index in [0.29, 0.717) is 23.5 Å². The SMILES string of the molecule is N#Cc1ccc(N2CCC3C2CCCN3CCO)nc1N. The highest BCUT2D eigenvalue weighted by atomic mass is 16.3. The van der Waals surface area contributed by atoms with Gasteiger partial charge in [-0.05, 0) is 37.9 Å². The topological polar surface area (TPSA) is 89.4 Å². The van der Waals surface area contributed by atoms with E-state index in [9.17, 15) is 5.11 Å². The van der Waals surface area contributed by atoms with E-state index in [-0.39, 0.29) is 6.61 Å². The number of likely N-dealkylation sites (tertiary alicyclic amines) is 1. The smallest absolute Gasteiger partial charge is 0.143 e. The van der Waals surface area contributed by atoms with Gasteiger partial charge < -0.3 is 15.7 Å². The van der Waals surface area contributed by atoms with Gasteiger partial charge in [-0.1, -0.05) is 0 Å². The Morgan fingerprint density at radius 3 is 2.90 bits per heavy atom. The van der Waals surface area contributed by atoms with Gasteiger partial charge in [0.15, 0.2) is 0 Å². The number of piperidine rings is 1. The van der Waals surface area contributed by atoms with Crippen molar-refractivity contribution in [1.29, 1.82) is 5.26 Å². The monoisotopic (exact) mass is 287 g/mol. The van der Waals surface area contributed by atoms with Gasteiger partial charge in [-0.15, -0.1) is 0 Å². The zero-order valence-electron chi connectivity index (χ0n) is 12.1. The number of rotatable bonds is 3. The highest BCUT2D eigenvalue weighted by molar-refractivity contribution is 5.55. The number of fused-ring (bicyclic) bond motifs is 1. The normalized spacial score (nSPS) is 25.6. The van der Waals surface area contributed by atoms with Crippen LogP contribution >= 0.6 is 0 Å². The van der Waals surface area contributed by atoms with Crippen molar-refractivity contribution in [3.8, 4) is 6.07 Å². The van der Waals surface area contributed by atoms with Crippen LogP contribution in [0, 0.1) is 11.3 Å². The fourth-order valence-corrected chi connectivity index (χ4v) is 3.69. The number of pyridine rings is 1. The summed E-state index contributed by atoms with van der Waals surface area (Å²) in [5, 5.41) is 18.1. The van der Waals surface area contributed by atoms with Gasteiger partial charge >= 0.3 is 0 Å². The molecule has 0 radical (unpaired) electrons. The molecule has 112 valence electrons. The van der Waals surface area contributed by atoms with E-state index in [1.165, 1.54) is 0 Å². The third-order valence-corrected chi connectivity index (χ3v) is 4.64. The average molecular weight is 287 g/mol. The van der Waals surface area contributed by atoms with E-state index in [0.717, 1.165) is 44.7 Å². The van der Waals surface area contributed by atoms with Gasteiger partial charge in [0, 0.05) is 25.2 Å². The molecule has 0 aromatic carbocycles. The Morgan fingerprint density at radius 2 is 2.19 bits per heavy atom. The largest absolute Gasteiger partial charge is 0.395 e. The van der Waals surface area contributed by atoms with Crippen LogP contribution in [0.3, 0.4) is 0 Å². The molecule has 0 saturated carbocycles. The van der Waals surface area contributed by atoms with E-state index in [4.69, 9.17) is 11.0 Å². The lowest BCUT2D eigenvalue weighted by Crippen LogP contribution is -2.50. The third kappa shape index (κ3) is 2.55. The van der Waals surface area contributed by atoms with Gasteiger partial charge in [0.25, 0.3) is 0 Å². The predicted molar refractivity (Wildman–Crippen MR) is 80.8 cm³/mol. The van der Waals surface area contributed by atoms with Crippen LogP contribution in [0.15, 0.2) is 12.1 Å². The number of aliphatic hydroxyl groups is 1. The number of aromatic nitrogens is 1. The summed E-state index contributed by atoms with van der Waals surface area (Å²) in [7, 11) is 0. The first kappa shape index (κ1) is 14.1. The number of β-amino-alcohol motifs (C(OH)–C–C–N with tert-alkyl or cyclic N) is 1. The van der Waals surface area contributed by atoms with Gasteiger partial charge in [-0.2, -0.15) is 5.26 Å². The van der Waals surface area contributed by atoms with Gasteiger partial charge in [0.2, 0.25) is 0 Å². The van der Waals surface area contributed by atoms with E-state index in [2.05, 4.69) is 20.9 Å². The molecule has 2 aliphatic heterocycles. The predicted octanol–water partition coefficient (Wildman–Crippen LogP) is 0.571. The molecule has 0 amide bonds. The van der Waals surface area contributed by atoms with Crippen LogP contribution in [0.1, 0.15) is 24.8 Å². The zero-order valence-corrected chi connectivity index (χ0v) is 12.1. The molecule has 0 aliphatic carbocycles. The summed E-state index contributed by atoms with van der Waals surface area (Å²) < 4.78 is 0. The van der Waals surface area contributed by atoms with E-state index in [1.807, 2.05) is 6.07 Å². The molecule has 1 aromatic heterocycles. The standard InChI is InChI=1S/C15H21N5O/c16-10-11-3-4-14(18-15(11)17)20-7-5-12-13(20)2-1-6-19(12)8-9-21/h3-4,12-13,21H,1-2,5-9H2,(H2,17,18). The van der Waals surface area contributed by atoms with Crippen LogP contribution in [-0.4, -0.2) is 53.3 Å². The van der Waals surface area contributed by atoms with Crippen molar-refractivity contribution in [1.82, 2.24) is 9.88 Å². The maximum Gasteiger partial charge on any atom is 0.143 e. The fraction of sp³-hybridized carbons (Fsp3) is 0.600. The molecule has 2 atom stereocenters. The summed E-state index contributed by atoms with van der Waals surface area (Å²) in [6.07, 6.45) is 3.38. The molecule has 0 spiro atoms. The van der Waals surface area contributed by atoms with Crippen LogP contribution in [0.2, 0.25) is 0 Å². The molecule has 2 aliphatic rings. The second-order valence-corrected chi connectivity index (χ2v) is 5.73. The van der Waals surface area contributed by atoms with Crippen molar-refractivity contribution in [3.05, 3.63) is 17.7 Å². The van der Waals surface area contributed by atoms with Crippen molar-refractivity contribution in [2.24, 2.45) is 0 Å². The number of hydrogen-bond acceptors (Lipinski definition) is 6. The summed E-state index contributed by atoms with van der Waals surface area (Å²) in [4.78, 5) is 9.10. The Kier molecular flexibility index (Phi) is 3.95. The summed E-state index contributed by atoms with van der Waals surface area (Å²) >= 11 is 0. The van der Waals surface area contributed by atoms with Crippen LogP contribution in [0.25, 0.3) is 0 Å². The Bertz CT molecular complexity index is 553. The molecule has 21 heavy (non-hydrogen) atoms. The molecule has 2 unspecified atom stereocenters. The number of nitriles is 1. The van der Waals surface area contributed by atoms with Crippen LogP contribution in [0.4, 0.5) is 11.6 Å². The second kappa shape index (κ2) is 5.88. The van der Waals surface area contributed by atoms with E-state index in [1.54, 1.807) is 6.07 Å². The fourth-order valence-electron chi connectivity index (χ4n) is 3.69. The Hall–Kier alpha value is -1.84. The molecule has 0 bridgehead atoms. The Morgan fingerprint density at radius 1 is 1.33 bits per heavy atom. The highest BCUT2D eigenvalue weighted by Crippen LogP contribution is 2.33. The minimum atomic E-state index is 0.214. The lowest BCUT2D eigenvalue weighted by atomic mass is 9.97. The van der Waals surface area contributed by atoms with Gasteiger partial charge in [-0.3, -0.25) is 4.90 Å². The van der Waals surface area contributed by atoms with Crippen molar-refractivity contribution in [3.63, 3.8) is 0 Å². The number of hydrogen-bond donors (Lipinski definition) is 2. The number of nitrogens with zero attached hydrogens (tertiary/aromatic N) is 4. The summed E-state index contributed by atoms with van der Waals surface area (Å²) in [5.74, 6) is 1.17. The highest BCUT2D eigenvalue weighted by Gasteiger charge is 2.40. The second-order valence-electron chi connectivity index (χ2n) is 5.73. The van der Waals surface area contributed by atoms with Gasteiger partial charge in [-0.25, -0.2) is 4.98 Å². The molecule has 3 rings (SSSR count). The number of aliphatic hydroxyl groups excluding tert-OH is 1. The lowest BCUT2D eigenvalue weighted by molar-refractivity contribution is 0.114. The summed E-state index contributed by atoms with van der Waals surface area (Å²) in [6, 6.07) is 6.62. The molecule has 3 N–H and O–H groups in total. The number of nitrogens with two attached hydrogens (primary N) is 1. The van der Waals surface area contributed by atoms with Crippen LogP contribution < -0.4 is 10.6 Å². The van der Waals surface area contributed by atoms with Crippen molar-refractivity contribution in [2.75, 3.05) is 36.9 Å². The Balaban J connectivity index is 1.81. The first-order valence-electron chi connectivity index (χ1n) is 7.52. The molecular formula is C15H21N5O. The van der Waals surface area contributed by atoms with Gasteiger partial charge in [0.1, 0.15) is 17.7 Å². The van der Waals surface area contributed by atoms with Crippen molar-refractivity contribution in [2.45, 2.75) is 31.3 Å². The summed E-state index contributed by atoms with van der Waals surface area (Å²) in [6.45, 7) is 2.98. The van der Waals surface area contributed by atoms with Gasteiger partial charge in [0.05, 0.1) is 12.2 Å². The maximum atomic E-state index is 9.20. The first-order valence-corrected chi connectivity index (χ1v) is 7.52. The minimum Gasteiger partial charge on any atom is -0.395 e. The molecular weight excluding hydrogens is 266 g/mol. The zero-order chi connectivity index (χ0) is 14.8. The molecule has 3 heterocycles. The molecule has 2 fully saturated rings. The average Bonchev–Trinajstić information content (AvgIpc) is 2.92. The number of anilines is 2. The molecule has 6 heteroatoms. The minimum absolute atomic E-state index is 0.214. The first-order chi connectivity index (χ1) is 10.2. The van der Waals surface area contributed by atoms with E-state index < -0.39 is 0 Å². The van der Waals surface area contributed by atoms with Crippen LogP contribution in [-0.2, 0) is 0 Å².